The first-order chi connectivity index (χ1) is 7.53. The molecule has 1 aromatic carbocycles. The largest absolute Gasteiger partial charge is 0.481 e. The van der Waals surface area contributed by atoms with Gasteiger partial charge in [-0.1, -0.05) is 18.2 Å². The van der Waals surface area contributed by atoms with E-state index in [9.17, 15) is 8.42 Å². The van der Waals surface area contributed by atoms with Gasteiger partial charge >= 0.3 is 10.1 Å². The number of hydrogen-bond donors (Lipinski definition) is 1. The first kappa shape index (κ1) is 15.7. The lowest BCUT2D eigenvalue weighted by Crippen LogP contribution is -2.22. The first-order valence-electron chi connectivity index (χ1n) is 4.71. The van der Waals surface area contributed by atoms with Gasteiger partial charge < -0.3 is 8.92 Å². The molecule has 0 heterocycles. The van der Waals surface area contributed by atoms with Crippen LogP contribution in [0.25, 0.3) is 0 Å². The second kappa shape index (κ2) is 7.13. The van der Waals surface area contributed by atoms with E-state index in [-0.39, 0.29) is 30.7 Å². The number of hydrogen-bond acceptors (Lipinski definition) is 5. The molecular weight excluding hydrogens is 266 g/mol. The average Bonchev–Trinajstić information content (AvgIpc) is 2.17. The molecule has 0 amide bonds. The molecule has 0 aliphatic rings. The summed E-state index contributed by atoms with van der Waals surface area (Å²) in [4.78, 5) is 0. The normalized spacial score (nSPS) is 10.2. The van der Waals surface area contributed by atoms with Crippen LogP contribution in [0, 0.1) is 5.41 Å². The third kappa shape index (κ3) is 6.13. The van der Waals surface area contributed by atoms with E-state index in [2.05, 4.69) is 0 Å². The molecule has 5 nitrogen and oxygen atoms in total. The van der Waals surface area contributed by atoms with Crippen LogP contribution in [0.1, 0.15) is 6.92 Å². The zero-order valence-corrected chi connectivity index (χ0v) is 10.9. The Balaban J connectivity index is 0.00000256. The summed E-state index contributed by atoms with van der Waals surface area (Å²) in [5.74, 6) is -0.652. The molecule has 1 rings (SSSR count). The van der Waals surface area contributed by atoms with Crippen LogP contribution < -0.4 is 4.18 Å². The van der Waals surface area contributed by atoms with Crippen molar-refractivity contribution in [3.63, 3.8) is 0 Å². The molecule has 96 valence electrons. The topological polar surface area (TPSA) is 76.5 Å². The van der Waals surface area contributed by atoms with Crippen molar-refractivity contribution in [2.75, 3.05) is 12.4 Å². The van der Waals surface area contributed by atoms with Crippen molar-refractivity contribution < 1.29 is 17.3 Å². The summed E-state index contributed by atoms with van der Waals surface area (Å²) in [5.41, 5.74) is 0. The van der Waals surface area contributed by atoms with Crippen LogP contribution in [-0.4, -0.2) is 26.7 Å². The predicted molar refractivity (Wildman–Crippen MR) is 67.5 cm³/mol. The molecule has 0 saturated heterocycles. The molecule has 1 aromatic rings. The molecular formula is C10H14ClNO4S. The van der Waals surface area contributed by atoms with E-state index in [1.54, 1.807) is 25.1 Å². The Kier molecular flexibility index (Phi) is 6.60. The third-order valence-corrected chi connectivity index (χ3v) is 2.65. The fourth-order valence-electron chi connectivity index (χ4n) is 1.03. The summed E-state index contributed by atoms with van der Waals surface area (Å²) >= 11 is 0. The lowest BCUT2D eigenvalue weighted by molar-refractivity contribution is 0.321. The van der Waals surface area contributed by atoms with Crippen molar-refractivity contribution in [3.8, 4) is 5.75 Å². The summed E-state index contributed by atoms with van der Waals surface area (Å²) < 4.78 is 32.4. The maximum Gasteiger partial charge on any atom is 0.318 e. The van der Waals surface area contributed by atoms with Crippen LogP contribution in [0.4, 0.5) is 0 Å². The van der Waals surface area contributed by atoms with Gasteiger partial charge in [-0.2, -0.15) is 8.42 Å². The molecule has 17 heavy (non-hydrogen) atoms. The summed E-state index contributed by atoms with van der Waals surface area (Å²) in [7, 11) is -3.81. The molecule has 0 aliphatic carbocycles. The molecule has 0 spiro atoms. The van der Waals surface area contributed by atoms with Crippen LogP contribution in [0.3, 0.4) is 0 Å². The standard InChI is InChI=1S/C10H13NO4S.ClH/c1-2-14-10(11)8-16(12,13)15-9-6-4-3-5-7-9;/h3-7,11H,2,8H2,1H3;1H. The Morgan fingerprint density at radius 1 is 1.29 bits per heavy atom. The minimum atomic E-state index is -3.81. The quantitative estimate of drug-likeness (QED) is 0.507. The van der Waals surface area contributed by atoms with Crippen LogP contribution >= 0.6 is 12.4 Å². The van der Waals surface area contributed by atoms with Gasteiger partial charge in [-0.25, -0.2) is 0 Å². The smallest absolute Gasteiger partial charge is 0.318 e. The van der Waals surface area contributed by atoms with Gasteiger partial charge in [-0.05, 0) is 19.1 Å². The van der Waals surface area contributed by atoms with Crippen molar-refractivity contribution in [1.82, 2.24) is 0 Å². The van der Waals surface area contributed by atoms with Crippen molar-refractivity contribution in [2.45, 2.75) is 6.92 Å². The van der Waals surface area contributed by atoms with Gasteiger partial charge in [-0.3, -0.25) is 5.41 Å². The molecule has 0 aromatic heterocycles. The average molecular weight is 280 g/mol. The first-order valence-corrected chi connectivity index (χ1v) is 6.28. The number of benzene rings is 1. The summed E-state index contributed by atoms with van der Waals surface area (Å²) in [5, 5.41) is 7.23. The van der Waals surface area contributed by atoms with E-state index in [0.717, 1.165) is 0 Å². The van der Waals surface area contributed by atoms with Gasteiger partial charge in [0.2, 0.25) is 0 Å². The highest BCUT2D eigenvalue weighted by atomic mass is 35.5. The number of halogens is 1. The van der Waals surface area contributed by atoms with Gasteiger partial charge in [0.1, 0.15) is 5.75 Å². The van der Waals surface area contributed by atoms with Gasteiger partial charge in [0, 0.05) is 0 Å². The van der Waals surface area contributed by atoms with E-state index in [4.69, 9.17) is 14.3 Å². The molecule has 0 aliphatic heterocycles. The summed E-state index contributed by atoms with van der Waals surface area (Å²) in [6.45, 7) is 1.94. The molecule has 0 fully saturated rings. The number of nitrogens with one attached hydrogen (secondary N) is 1. The van der Waals surface area contributed by atoms with E-state index in [1.807, 2.05) is 0 Å². The van der Waals surface area contributed by atoms with E-state index in [1.165, 1.54) is 12.1 Å². The maximum absolute atomic E-state index is 11.4. The number of ether oxygens (including phenoxy) is 1. The van der Waals surface area contributed by atoms with Crippen LogP contribution in [0.5, 0.6) is 5.75 Å². The van der Waals surface area contributed by atoms with E-state index >= 15 is 0 Å². The zero-order chi connectivity index (χ0) is 12.0. The van der Waals surface area contributed by atoms with Gasteiger partial charge in [0.25, 0.3) is 0 Å². The Morgan fingerprint density at radius 2 is 1.88 bits per heavy atom. The highest BCUT2D eigenvalue weighted by Gasteiger charge is 2.16. The maximum atomic E-state index is 11.4. The number of para-hydroxylation sites is 1. The lowest BCUT2D eigenvalue weighted by Gasteiger charge is -2.07. The minimum absolute atomic E-state index is 0. The van der Waals surface area contributed by atoms with Crippen molar-refractivity contribution in [3.05, 3.63) is 30.3 Å². The second-order valence-electron chi connectivity index (χ2n) is 2.95. The molecule has 0 bridgehead atoms. The zero-order valence-electron chi connectivity index (χ0n) is 9.25. The molecule has 1 N–H and O–H groups in total. The van der Waals surface area contributed by atoms with Crippen LogP contribution in [0.15, 0.2) is 30.3 Å². The fourth-order valence-corrected chi connectivity index (χ4v) is 1.90. The highest BCUT2D eigenvalue weighted by Crippen LogP contribution is 2.11. The highest BCUT2D eigenvalue weighted by molar-refractivity contribution is 7.87. The van der Waals surface area contributed by atoms with Crippen molar-refractivity contribution in [2.24, 2.45) is 0 Å². The molecule has 0 unspecified atom stereocenters. The van der Waals surface area contributed by atoms with E-state index < -0.39 is 15.9 Å². The Labute approximate surface area is 107 Å². The molecule has 7 heteroatoms. The number of rotatable bonds is 5. The van der Waals surface area contributed by atoms with E-state index in [0.29, 0.717) is 0 Å². The molecule has 0 radical (unpaired) electrons. The van der Waals surface area contributed by atoms with Gasteiger partial charge in [0.15, 0.2) is 11.7 Å². The van der Waals surface area contributed by atoms with Crippen LogP contribution in [0.2, 0.25) is 0 Å². The Morgan fingerprint density at radius 3 is 2.41 bits per heavy atom. The molecule has 0 saturated carbocycles. The third-order valence-electron chi connectivity index (χ3n) is 1.59. The second-order valence-corrected chi connectivity index (χ2v) is 4.53. The Bertz CT molecular complexity index is 447. The summed E-state index contributed by atoms with van der Waals surface area (Å²) in [6.07, 6.45) is 0. The van der Waals surface area contributed by atoms with Crippen molar-refractivity contribution in [1.29, 1.82) is 5.41 Å². The fraction of sp³-hybridized carbons (Fsp3) is 0.300. The minimum Gasteiger partial charge on any atom is -0.481 e. The van der Waals surface area contributed by atoms with Gasteiger partial charge in [-0.15, -0.1) is 12.4 Å². The van der Waals surface area contributed by atoms with Gasteiger partial charge in [0.05, 0.1) is 6.61 Å². The lowest BCUT2D eigenvalue weighted by atomic mass is 10.3. The monoisotopic (exact) mass is 279 g/mol. The Hall–Kier alpha value is -1.27. The SMILES string of the molecule is CCOC(=N)CS(=O)(=O)Oc1ccccc1.Cl. The van der Waals surface area contributed by atoms with Crippen LogP contribution in [-0.2, 0) is 14.9 Å². The van der Waals surface area contributed by atoms with Crippen molar-refractivity contribution >= 4 is 28.4 Å². The predicted octanol–water partition coefficient (Wildman–Crippen LogP) is 1.83. The molecule has 0 atom stereocenters. The summed E-state index contributed by atoms with van der Waals surface area (Å²) in [6, 6.07) is 8.14.